The molecule has 1 aliphatic heterocycles. The predicted octanol–water partition coefficient (Wildman–Crippen LogP) is 3.29. The van der Waals surface area contributed by atoms with E-state index in [9.17, 15) is 19.8 Å². The van der Waals surface area contributed by atoms with Crippen LogP contribution in [0.5, 0.6) is 0 Å². The molecule has 10 heteroatoms. The molecule has 2 amide bonds. The minimum atomic E-state index is -1.94. The van der Waals surface area contributed by atoms with Crippen LogP contribution in [0.25, 0.3) is 11.3 Å². The van der Waals surface area contributed by atoms with E-state index in [-0.39, 0.29) is 19.0 Å². The van der Waals surface area contributed by atoms with Crippen molar-refractivity contribution in [1.82, 2.24) is 15.2 Å². The molecule has 2 heterocycles. The Bertz CT molecular complexity index is 1470. The molecule has 3 aromatic rings. The first kappa shape index (κ1) is 28.6. The van der Waals surface area contributed by atoms with E-state index in [1.54, 1.807) is 69.4 Å². The molecule has 0 radical (unpaired) electrons. The summed E-state index contributed by atoms with van der Waals surface area (Å²) >= 11 is 6.22. The number of aliphatic hydroxyl groups is 1. The van der Waals surface area contributed by atoms with Gasteiger partial charge in [-0.25, -0.2) is 0 Å². The first-order valence-electron chi connectivity index (χ1n) is 13.5. The highest BCUT2D eigenvalue weighted by Gasteiger charge is 2.52. The van der Waals surface area contributed by atoms with E-state index in [4.69, 9.17) is 16.3 Å². The quantitative estimate of drug-likeness (QED) is 0.343. The number of carbonyl (C=O) groups excluding carboxylic acids is 2. The van der Waals surface area contributed by atoms with Crippen molar-refractivity contribution >= 4 is 29.5 Å². The first-order valence-corrected chi connectivity index (χ1v) is 13.9. The highest BCUT2D eigenvalue weighted by Crippen LogP contribution is 2.47. The molecule has 1 fully saturated rings. The minimum Gasteiger partial charge on any atom is -0.595 e. The van der Waals surface area contributed by atoms with Gasteiger partial charge in [0.05, 0.1) is 12.2 Å². The smallest absolute Gasteiger partial charge is 0.264 e. The number of aliphatic imine (C=N–C) groups is 1. The maximum absolute atomic E-state index is 14.0. The predicted molar refractivity (Wildman–Crippen MR) is 153 cm³/mol. The third kappa shape index (κ3) is 5.64. The minimum absolute atomic E-state index is 0.0607. The molecule has 2 atom stereocenters. The van der Waals surface area contributed by atoms with E-state index >= 15 is 0 Å². The molecule has 214 valence electrons. The van der Waals surface area contributed by atoms with Gasteiger partial charge in [-0.15, -0.1) is 0 Å². The van der Waals surface area contributed by atoms with Gasteiger partial charge in [0, 0.05) is 46.6 Å². The van der Waals surface area contributed by atoms with Crippen LogP contribution in [-0.4, -0.2) is 51.1 Å². The second kappa shape index (κ2) is 11.1. The lowest BCUT2D eigenvalue weighted by Gasteiger charge is -2.32. The van der Waals surface area contributed by atoms with Crippen molar-refractivity contribution in [3.63, 3.8) is 0 Å². The highest BCUT2D eigenvalue weighted by molar-refractivity contribution is 6.30. The van der Waals surface area contributed by atoms with Crippen LogP contribution in [0.1, 0.15) is 55.9 Å². The number of fused-ring (bicyclic) bond motifs is 3. The maximum Gasteiger partial charge on any atom is 0.264 e. The molecule has 2 aliphatic rings. The largest absolute Gasteiger partial charge is 0.595 e. The third-order valence-electron chi connectivity index (χ3n) is 7.29. The van der Waals surface area contributed by atoms with Crippen LogP contribution in [0.15, 0.2) is 65.8 Å². The van der Waals surface area contributed by atoms with Gasteiger partial charge in [-0.3, -0.25) is 19.6 Å². The van der Waals surface area contributed by atoms with Gasteiger partial charge in [0.2, 0.25) is 5.91 Å². The second-order valence-corrected chi connectivity index (χ2v) is 11.7. The number of nitrogens with one attached hydrogen (secondary N) is 1. The van der Waals surface area contributed by atoms with Crippen molar-refractivity contribution in [1.29, 1.82) is 0 Å². The number of hydrogen-bond acceptors (Lipinski definition) is 7. The molecule has 1 saturated heterocycles. The summed E-state index contributed by atoms with van der Waals surface area (Å²) in [5, 5.41) is 27.4. The Morgan fingerprint density at radius 2 is 1.93 bits per heavy atom. The van der Waals surface area contributed by atoms with Crippen LogP contribution in [-0.2, 0) is 33.0 Å². The molecule has 9 nitrogen and oxygen atoms in total. The van der Waals surface area contributed by atoms with E-state index in [1.807, 2.05) is 12.1 Å². The van der Waals surface area contributed by atoms with Gasteiger partial charge in [0.25, 0.3) is 5.91 Å². The molecular weight excluding hydrogens is 544 g/mol. The van der Waals surface area contributed by atoms with Crippen molar-refractivity contribution in [2.24, 2.45) is 4.99 Å². The summed E-state index contributed by atoms with van der Waals surface area (Å²) in [7, 11) is 0. The number of ether oxygens (including phenoxy) is 1. The van der Waals surface area contributed by atoms with E-state index in [0.29, 0.717) is 57.9 Å². The number of pyridine rings is 1. The number of nitrogens with zero attached hydrogens (tertiary/aromatic N) is 3. The van der Waals surface area contributed by atoms with Gasteiger partial charge in [0.15, 0.2) is 5.60 Å². The Labute approximate surface area is 243 Å². The number of aromatic nitrogens is 1. The van der Waals surface area contributed by atoms with E-state index in [1.165, 1.54) is 4.90 Å². The summed E-state index contributed by atoms with van der Waals surface area (Å²) in [5.74, 6) is -0.888. The lowest BCUT2D eigenvalue weighted by Crippen LogP contribution is -2.52. The van der Waals surface area contributed by atoms with E-state index in [2.05, 4.69) is 15.3 Å². The summed E-state index contributed by atoms with van der Waals surface area (Å²) in [6.45, 7) is 5.82. The summed E-state index contributed by atoms with van der Waals surface area (Å²) in [6, 6.07) is 15.0. The van der Waals surface area contributed by atoms with E-state index in [0.717, 1.165) is 0 Å². The lowest BCUT2D eigenvalue weighted by atomic mass is 9.90. The summed E-state index contributed by atoms with van der Waals surface area (Å²) < 4.78 is 5.25. The number of hydrogen-bond donors (Lipinski definition) is 2. The van der Waals surface area contributed by atoms with Crippen molar-refractivity contribution in [3.8, 4) is 11.3 Å². The van der Waals surface area contributed by atoms with Gasteiger partial charge in [0.1, 0.15) is 12.1 Å². The molecule has 5 rings (SSSR count). The highest BCUT2D eigenvalue weighted by atomic mass is 35.5. The normalized spacial score (nSPS) is 20.0. The first-order chi connectivity index (χ1) is 19.5. The van der Waals surface area contributed by atoms with Gasteiger partial charge in [-0.1, -0.05) is 68.8 Å². The molecule has 41 heavy (non-hydrogen) atoms. The summed E-state index contributed by atoms with van der Waals surface area (Å²) in [5.41, 5.74) is 0.935. The molecule has 0 bridgehead atoms. The Kier molecular flexibility index (Phi) is 7.76. The zero-order valence-electron chi connectivity index (χ0n) is 23.2. The fourth-order valence-corrected chi connectivity index (χ4v) is 5.63. The molecule has 0 saturated carbocycles. The van der Waals surface area contributed by atoms with Crippen LogP contribution in [0.3, 0.4) is 0 Å². The topological polar surface area (TPSA) is 127 Å². The lowest BCUT2D eigenvalue weighted by molar-refractivity contribution is -0.260. The van der Waals surface area contributed by atoms with Gasteiger partial charge in [-0.05, 0) is 42.2 Å². The molecule has 2 aromatic carbocycles. The fraction of sp³-hybridized carbons (Fsp3) is 0.355. The van der Waals surface area contributed by atoms with Crippen LogP contribution >= 0.6 is 11.6 Å². The second-order valence-electron chi connectivity index (χ2n) is 11.2. The number of amides is 2. The summed E-state index contributed by atoms with van der Waals surface area (Å²) in [6.07, 6.45) is 2.04. The maximum atomic E-state index is 14.0. The van der Waals surface area contributed by atoms with Crippen LogP contribution < -0.4 is 10.4 Å². The van der Waals surface area contributed by atoms with Crippen molar-refractivity contribution in [2.45, 2.75) is 63.9 Å². The zero-order valence-corrected chi connectivity index (χ0v) is 23.9. The van der Waals surface area contributed by atoms with E-state index < -0.39 is 29.2 Å². The van der Waals surface area contributed by atoms with Gasteiger partial charge in [-0.2, -0.15) is 0 Å². The van der Waals surface area contributed by atoms with Crippen molar-refractivity contribution in [3.05, 3.63) is 88.1 Å². The number of likely N-dealkylation sites (tertiary alicyclic amines) is 1. The van der Waals surface area contributed by atoms with Crippen molar-refractivity contribution < 1.29 is 24.5 Å². The SMILES string of the molecule is CC(C)(C)OC([O-])=NCc1ccc(Cl)cc1CNC(=O)[C@@H]1CCCN1C(=O)C1(O)c2ccccc2-c2ncccc21. The summed E-state index contributed by atoms with van der Waals surface area (Å²) in [4.78, 5) is 37.3. The standard InChI is InChI=1S/C31H33ClN4O5/c1-30(2,3)41-29(39)35-17-19-12-13-21(32)16-20(19)18-34-27(37)25-11-7-15-36(25)28(38)31(40)23-9-5-4-8-22(23)26-24(31)10-6-14-33-26/h4-6,8-10,12-14,16,25,40H,7,11,15,17-18H2,1-3H3,(H,34,37)(H,35,39)/p-1/t25-,31?/m0/s1. The van der Waals surface area contributed by atoms with Crippen LogP contribution in [0.4, 0.5) is 0 Å². The zero-order chi connectivity index (χ0) is 29.4. The van der Waals surface area contributed by atoms with Crippen LogP contribution in [0.2, 0.25) is 5.02 Å². The van der Waals surface area contributed by atoms with Crippen molar-refractivity contribution in [2.75, 3.05) is 6.54 Å². The molecule has 0 spiro atoms. The molecule has 1 aromatic heterocycles. The number of halogens is 1. The molecule has 2 N–H and O–H groups in total. The van der Waals surface area contributed by atoms with Gasteiger partial charge < -0.3 is 25.2 Å². The Morgan fingerprint density at radius 3 is 2.71 bits per heavy atom. The number of carbonyl (C=O) groups is 2. The fourth-order valence-electron chi connectivity index (χ4n) is 5.44. The monoisotopic (exact) mass is 575 g/mol. The number of rotatable bonds is 6. The Morgan fingerprint density at radius 1 is 1.17 bits per heavy atom. The Hall–Kier alpha value is -3.95. The molecular formula is C31H32ClN4O5-. The average molecular weight is 576 g/mol. The van der Waals surface area contributed by atoms with Gasteiger partial charge >= 0.3 is 0 Å². The van der Waals surface area contributed by atoms with Crippen LogP contribution in [0, 0.1) is 0 Å². The average Bonchev–Trinajstić information content (AvgIpc) is 3.53. The third-order valence-corrected chi connectivity index (χ3v) is 7.52. The number of benzene rings is 2. The molecule has 1 unspecified atom stereocenters. The Balaban J connectivity index is 1.33. The molecule has 1 aliphatic carbocycles.